The minimum atomic E-state index is -0.527. The summed E-state index contributed by atoms with van der Waals surface area (Å²) >= 11 is 9.49. The first-order valence-electron chi connectivity index (χ1n) is 7.09. The van der Waals surface area contributed by atoms with E-state index in [1.54, 1.807) is 30.3 Å². The van der Waals surface area contributed by atoms with Crippen LogP contribution in [0.25, 0.3) is 6.08 Å². The fourth-order valence-electron chi connectivity index (χ4n) is 2.09. The topological polar surface area (TPSA) is 71.3 Å². The zero-order valence-corrected chi connectivity index (χ0v) is 15.8. The molecule has 2 aromatic rings. The van der Waals surface area contributed by atoms with Crippen molar-refractivity contribution >= 4 is 45.2 Å². The number of methoxy groups -OCH3 is 2. The summed E-state index contributed by atoms with van der Waals surface area (Å²) in [4.78, 5) is 12.4. The van der Waals surface area contributed by atoms with Crippen LogP contribution in [0.5, 0.6) is 11.5 Å². The number of rotatable bonds is 5. The van der Waals surface area contributed by atoms with Crippen LogP contribution >= 0.6 is 27.5 Å². The van der Waals surface area contributed by atoms with E-state index in [1.807, 2.05) is 12.1 Å². The number of anilines is 1. The number of halogens is 2. The average molecular weight is 422 g/mol. The van der Waals surface area contributed by atoms with Gasteiger partial charge in [-0.3, -0.25) is 4.79 Å². The number of nitrogens with zero attached hydrogens (tertiary/aromatic N) is 1. The molecule has 5 nitrogen and oxygen atoms in total. The minimum absolute atomic E-state index is 0.0703. The summed E-state index contributed by atoms with van der Waals surface area (Å²) in [5.41, 5.74) is 1.04. The van der Waals surface area contributed by atoms with Gasteiger partial charge in [0.1, 0.15) is 11.6 Å². The van der Waals surface area contributed by atoms with Crippen molar-refractivity contribution in [2.75, 3.05) is 19.5 Å². The van der Waals surface area contributed by atoms with Gasteiger partial charge >= 0.3 is 0 Å². The predicted molar refractivity (Wildman–Crippen MR) is 101 cm³/mol. The maximum atomic E-state index is 12.4. The molecular formula is C18H14BrClN2O3. The SMILES string of the molecule is COc1cc(C=C(C#N)C(=O)Nc2ccccc2Br)cc(Cl)c1OC. The van der Waals surface area contributed by atoms with Crippen LogP contribution in [-0.2, 0) is 4.79 Å². The van der Waals surface area contributed by atoms with Crippen LogP contribution in [-0.4, -0.2) is 20.1 Å². The van der Waals surface area contributed by atoms with E-state index < -0.39 is 5.91 Å². The molecule has 0 bridgehead atoms. The van der Waals surface area contributed by atoms with Crippen molar-refractivity contribution in [3.05, 3.63) is 57.0 Å². The van der Waals surface area contributed by atoms with Crippen molar-refractivity contribution in [1.82, 2.24) is 0 Å². The molecule has 1 N–H and O–H groups in total. The van der Waals surface area contributed by atoms with Crippen LogP contribution in [0.2, 0.25) is 5.02 Å². The minimum Gasteiger partial charge on any atom is -0.493 e. The molecule has 0 fully saturated rings. The molecule has 0 atom stereocenters. The van der Waals surface area contributed by atoms with Gasteiger partial charge in [0.05, 0.1) is 24.9 Å². The van der Waals surface area contributed by atoms with Crippen LogP contribution in [0.4, 0.5) is 5.69 Å². The summed E-state index contributed by atoms with van der Waals surface area (Å²) < 4.78 is 11.1. The molecule has 0 aliphatic heterocycles. The van der Waals surface area contributed by atoms with Gasteiger partial charge in [0.15, 0.2) is 11.5 Å². The Morgan fingerprint density at radius 3 is 2.60 bits per heavy atom. The van der Waals surface area contributed by atoms with Crippen molar-refractivity contribution in [2.45, 2.75) is 0 Å². The Bertz CT molecular complexity index is 875. The van der Waals surface area contributed by atoms with E-state index in [4.69, 9.17) is 21.1 Å². The van der Waals surface area contributed by atoms with E-state index >= 15 is 0 Å². The third-order valence-corrected chi connectivity index (χ3v) is 4.23. The average Bonchev–Trinajstić information content (AvgIpc) is 2.60. The summed E-state index contributed by atoms with van der Waals surface area (Å²) in [6, 6.07) is 12.2. The highest BCUT2D eigenvalue weighted by atomic mass is 79.9. The number of ether oxygens (including phenoxy) is 2. The monoisotopic (exact) mass is 420 g/mol. The fourth-order valence-corrected chi connectivity index (χ4v) is 2.77. The van der Waals surface area contributed by atoms with Gasteiger partial charge in [-0.05, 0) is 51.8 Å². The zero-order chi connectivity index (χ0) is 18.4. The van der Waals surface area contributed by atoms with E-state index in [-0.39, 0.29) is 5.57 Å². The summed E-state index contributed by atoms with van der Waals surface area (Å²) in [6.07, 6.45) is 1.43. The molecule has 128 valence electrons. The maximum Gasteiger partial charge on any atom is 0.266 e. The van der Waals surface area contributed by atoms with Crippen molar-refractivity contribution < 1.29 is 14.3 Å². The zero-order valence-electron chi connectivity index (χ0n) is 13.5. The van der Waals surface area contributed by atoms with Crippen LogP contribution < -0.4 is 14.8 Å². The van der Waals surface area contributed by atoms with E-state index in [0.29, 0.717) is 27.8 Å². The van der Waals surface area contributed by atoms with Gasteiger partial charge in [0, 0.05) is 4.47 Å². The maximum absolute atomic E-state index is 12.4. The number of nitriles is 1. The molecule has 0 spiro atoms. The van der Waals surface area contributed by atoms with E-state index in [9.17, 15) is 10.1 Å². The molecule has 1 amide bonds. The molecule has 0 saturated heterocycles. The van der Waals surface area contributed by atoms with E-state index in [0.717, 1.165) is 4.47 Å². The second-order valence-electron chi connectivity index (χ2n) is 4.84. The number of hydrogen-bond donors (Lipinski definition) is 1. The van der Waals surface area contributed by atoms with Crippen LogP contribution in [0.15, 0.2) is 46.4 Å². The molecule has 0 aromatic heterocycles. The highest BCUT2D eigenvalue weighted by molar-refractivity contribution is 9.10. The lowest BCUT2D eigenvalue weighted by atomic mass is 10.1. The molecular weight excluding hydrogens is 408 g/mol. The van der Waals surface area contributed by atoms with Gasteiger partial charge in [-0.15, -0.1) is 0 Å². The van der Waals surface area contributed by atoms with Gasteiger partial charge in [-0.2, -0.15) is 5.26 Å². The number of benzene rings is 2. The molecule has 2 rings (SSSR count). The smallest absolute Gasteiger partial charge is 0.266 e. The lowest BCUT2D eigenvalue weighted by Crippen LogP contribution is -2.13. The van der Waals surface area contributed by atoms with Crippen molar-refractivity contribution in [2.24, 2.45) is 0 Å². The van der Waals surface area contributed by atoms with E-state index in [2.05, 4.69) is 21.2 Å². The van der Waals surface area contributed by atoms with Crippen LogP contribution in [0, 0.1) is 11.3 Å². The lowest BCUT2D eigenvalue weighted by Gasteiger charge is -2.10. The Balaban J connectivity index is 2.34. The molecule has 0 heterocycles. The summed E-state index contributed by atoms with van der Waals surface area (Å²) in [6.45, 7) is 0. The molecule has 2 aromatic carbocycles. The summed E-state index contributed by atoms with van der Waals surface area (Å²) in [5.74, 6) is 0.266. The second-order valence-corrected chi connectivity index (χ2v) is 6.10. The van der Waals surface area contributed by atoms with Crippen molar-refractivity contribution in [3.8, 4) is 17.6 Å². The predicted octanol–water partition coefficient (Wildman–Crippen LogP) is 4.67. The molecule has 0 aliphatic carbocycles. The third-order valence-electron chi connectivity index (χ3n) is 3.25. The molecule has 0 unspecified atom stereocenters. The highest BCUT2D eigenvalue weighted by Gasteiger charge is 2.14. The molecule has 7 heteroatoms. The Hall–Kier alpha value is -2.49. The first kappa shape index (κ1) is 18.8. The third kappa shape index (κ3) is 4.53. The van der Waals surface area contributed by atoms with Crippen LogP contribution in [0.1, 0.15) is 5.56 Å². The first-order chi connectivity index (χ1) is 12.0. The highest BCUT2D eigenvalue weighted by Crippen LogP contribution is 2.36. The Morgan fingerprint density at radius 2 is 2.00 bits per heavy atom. The normalized spacial score (nSPS) is 10.8. The Morgan fingerprint density at radius 1 is 1.28 bits per heavy atom. The number of para-hydroxylation sites is 1. The number of carbonyl (C=O) groups is 1. The summed E-state index contributed by atoms with van der Waals surface area (Å²) in [5, 5.41) is 12.3. The van der Waals surface area contributed by atoms with Crippen molar-refractivity contribution in [3.63, 3.8) is 0 Å². The fraction of sp³-hybridized carbons (Fsp3) is 0.111. The molecule has 25 heavy (non-hydrogen) atoms. The van der Waals surface area contributed by atoms with Gasteiger partial charge in [-0.1, -0.05) is 23.7 Å². The Kier molecular flexibility index (Phi) is 6.45. The first-order valence-corrected chi connectivity index (χ1v) is 8.26. The van der Waals surface area contributed by atoms with Gasteiger partial charge in [0.2, 0.25) is 0 Å². The molecule has 0 radical (unpaired) electrons. The quantitative estimate of drug-likeness (QED) is 0.563. The lowest BCUT2D eigenvalue weighted by molar-refractivity contribution is -0.112. The number of nitrogens with one attached hydrogen (secondary N) is 1. The largest absolute Gasteiger partial charge is 0.493 e. The molecule has 0 aliphatic rings. The van der Waals surface area contributed by atoms with Crippen LogP contribution in [0.3, 0.4) is 0 Å². The van der Waals surface area contributed by atoms with E-state index in [1.165, 1.54) is 20.3 Å². The molecule has 0 saturated carbocycles. The van der Waals surface area contributed by atoms with Gasteiger partial charge in [-0.25, -0.2) is 0 Å². The van der Waals surface area contributed by atoms with Gasteiger partial charge < -0.3 is 14.8 Å². The number of amides is 1. The van der Waals surface area contributed by atoms with Gasteiger partial charge in [0.25, 0.3) is 5.91 Å². The summed E-state index contributed by atoms with van der Waals surface area (Å²) in [7, 11) is 2.96. The Labute approximate surface area is 158 Å². The number of hydrogen-bond acceptors (Lipinski definition) is 4. The number of carbonyl (C=O) groups excluding carboxylic acids is 1. The standard InChI is InChI=1S/C18H14BrClN2O3/c1-24-16-9-11(8-14(20)17(16)25-2)7-12(10-21)18(23)22-15-6-4-3-5-13(15)19/h3-9H,1-2H3,(H,22,23). The second kappa shape index (κ2) is 8.56. The van der Waals surface area contributed by atoms with Crippen molar-refractivity contribution in [1.29, 1.82) is 5.26 Å².